The molecule has 0 aliphatic heterocycles. The Hall–Kier alpha value is -4.13. The molecule has 36 heavy (non-hydrogen) atoms. The Balaban J connectivity index is 1.79. The molecule has 10 heteroatoms. The number of nitrogens with zero attached hydrogens (tertiary/aromatic N) is 3. The summed E-state index contributed by atoms with van der Waals surface area (Å²) in [5.41, 5.74) is 6.59. The molecule has 2 heterocycles. The van der Waals surface area contributed by atoms with Gasteiger partial charge in [0.15, 0.2) is 0 Å². The van der Waals surface area contributed by atoms with Crippen molar-refractivity contribution in [1.29, 1.82) is 0 Å². The van der Waals surface area contributed by atoms with Crippen molar-refractivity contribution in [3.05, 3.63) is 58.9 Å². The quantitative estimate of drug-likeness (QED) is 0.440. The number of carbonyl (C=O) groups is 1. The third-order valence-corrected chi connectivity index (χ3v) is 5.99. The second-order valence-corrected chi connectivity index (χ2v) is 8.59. The van der Waals surface area contributed by atoms with Gasteiger partial charge in [-0.25, -0.2) is 15.0 Å². The van der Waals surface area contributed by atoms with Crippen LogP contribution in [-0.2, 0) is 11.0 Å². The number of aryl methyl sites for hydroxylation is 1. The first kappa shape index (κ1) is 25.0. The van der Waals surface area contributed by atoms with Gasteiger partial charge >= 0.3 is 6.18 Å². The van der Waals surface area contributed by atoms with E-state index in [-0.39, 0.29) is 34.7 Å². The highest BCUT2D eigenvalue weighted by Gasteiger charge is 2.32. The maximum Gasteiger partial charge on any atom is 0.416 e. The summed E-state index contributed by atoms with van der Waals surface area (Å²) >= 11 is 0. The van der Waals surface area contributed by atoms with Gasteiger partial charge in [-0.2, -0.15) is 13.2 Å². The van der Waals surface area contributed by atoms with E-state index in [1.165, 1.54) is 6.07 Å². The first-order valence-corrected chi connectivity index (χ1v) is 11.5. The van der Waals surface area contributed by atoms with Crippen molar-refractivity contribution in [2.75, 3.05) is 23.4 Å². The maximum absolute atomic E-state index is 13.8. The molecule has 1 aromatic carbocycles. The molecule has 1 aliphatic rings. The van der Waals surface area contributed by atoms with Crippen LogP contribution in [0.3, 0.4) is 0 Å². The van der Waals surface area contributed by atoms with Crippen LogP contribution in [0, 0.1) is 24.7 Å². The summed E-state index contributed by atoms with van der Waals surface area (Å²) in [4.78, 5) is 25.2. The normalized spacial score (nSPS) is 13.7. The zero-order chi connectivity index (χ0) is 25.9. The molecule has 1 fully saturated rings. The lowest BCUT2D eigenvalue weighted by Crippen LogP contribution is -2.20. The second kappa shape index (κ2) is 10.2. The molecule has 7 nitrogen and oxygen atoms in total. The van der Waals surface area contributed by atoms with Gasteiger partial charge in [-0.1, -0.05) is 24.7 Å². The highest BCUT2D eigenvalue weighted by molar-refractivity contribution is 5.93. The number of carbonyl (C=O) groups excluding carboxylic acids is 1. The summed E-state index contributed by atoms with van der Waals surface area (Å²) < 4.78 is 41.3. The molecule has 0 bridgehead atoms. The van der Waals surface area contributed by atoms with E-state index >= 15 is 0 Å². The molecule has 1 saturated carbocycles. The van der Waals surface area contributed by atoms with Crippen LogP contribution in [-0.4, -0.2) is 27.9 Å². The van der Waals surface area contributed by atoms with Gasteiger partial charge in [-0.05, 0) is 50.1 Å². The molecule has 1 amide bonds. The average Bonchev–Trinajstić information content (AvgIpc) is 3.38. The largest absolute Gasteiger partial charge is 0.416 e. The number of aromatic nitrogens is 3. The van der Waals surface area contributed by atoms with Crippen LogP contribution in [0.25, 0.3) is 11.3 Å². The zero-order valence-corrected chi connectivity index (χ0v) is 19.8. The number of hydrogen-bond donors (Lipinski definition) is 3. The standard InChI is InChI=1S/C26H25F3N6O/c1-15-21(9-7-16-8-10-22(31-2)32-14-16)23(35-25(30)33-15)18-11-19(26(27,28)29)13-20(12-18)34-24(36)17-5-3-4-6-17/h8,10-14,17H,3-6H2,1-2H3,(H,31,32)(H,34,36)(H2,30,33,35). The first-order valence-electron chi connectivity index (χ1n) is 11.5. The number of nitrogens with one attached hydrogen (secondary N) is 2. The zero-order valence-electron chi connectivity index (χ0n) is 19.8. The van der Waals surface area contributed by atoms with E-state index in [1.807, 2.05) is 0 Å². The van der Waals surface area contributed by atoms with Gasteiger partial charge in [-0.3, -0.25) is 4.79 Å². The lowest BCUT2D eigenvalue weighted by molar-refractivity contribution is -0.137. The SMILES string of the molecule is CNc1ccc(C#Cc2c(C)nc(N)nc2-c2cc(NC(=O)C3CCCC3)cc(C(F)(F)F)c2)cn1. The predicted octanol–water partition coefficient (Wildman–Crippen LogP) is 5.02. The van der Waals surface area contributed by atoms with Crippen molar-refractivity contribution < 1.29 is 18.0 Å². The number of nitrogen functional groups attached to an aromatic ring is 1. The molecule has 0 spiro atoms. The Morgan fingerprint density at radius 3 is 2.50 bits per heavy atom. The van der Waals surface area contributed by atoms with Crippen molar-refractivity contribution in [2.24, 2.45) is 5.92 Å². The van der Waals surface area contributed by atoms with E-state index in [0.29, 0.717) is 22.6 Å². The summed E-state index contributed by atoms with van der Waals surface area (Å²) in [6, 6.07) is 6.87. The number of pyridine rings is 1. The molecule has 0 radical (unpaired) electrons. The fourth-order valence-corrected chi connectivity index (χ4v) is 4.14. The second-order valence-electron chi connectivity index (χ2n) is 8.59. The van der Waals surface area contributed by atoms with Gasteiger partial charge in [-0.15, -0.1) is 0 Å². The number of alkyl halides is 3. The fourth-order valence-electron chi connectivity index (χ4n) is 4.14. The summed E-state index contributed by atoms with van der Waals surface area (Å²) in [6.45, 7) is 1.66. The lowest BCUT2D eigenvalue weighted by Gasteiger charge is -2.16. The molecule has 186 valence electrons. The van der Waals surface area contributed by atoms with Gasteiger partial charge in [0.2, 0.25) is 11.9 Å². The molecular weight excluding hydrogens is 469 g/mol. The molecule has 4 rings (SSSR count). The number of hydrogen-bond acceptors (Lipinski definition) is 6. The van der Waals surface area contributed by atoms with Gasteiger partial charge in [0.25, 0.3) is 0 Å². The number of benzene rings is 1. The van der Waals surface area contributed by atoms with Crippen LogP contribution in [0.15, 0.2) is 36.5 Å². The Morgan fingerprint density at radius 2 is 1.86 bits per heavy atom. The molecule has 2 aromatic heterocycles. The molecule has 0 saturated heterocycles. The minimum absolute atomic E-state index is 0.0392. The highest BCUT2D eigenvalue weighted by atomic mass is 19.4. The monoisotopic (exact) mass is 494 g/mol. The Labute approximate surface area is 206 Å². The van der Waals surface area contributed by atoms with Crippen LogP contribution in [0.2, 0.25) is 0 Å². The molecule has 4 N–H and O–H groups in total. The number of amides is 1. The smallest absolute Gasteiger partial charge is 0.373 e. The van der Waals surface area contributed by atoms with Gasteiger partial charge in [0, 0.05) is 36.0 Å². The van der Waals surface area contributed by atoms with Crippen molar-refractivity contribution in [3.63, 3.8) is 0 Å². The minimum atomic E-state index is -4.64. The first-order chi connectivity index (χ1) is 17.1. The Morgan fingerprint density at radius 1 is 1.11 bits per heavy atom. The average molecular weight is 495 g/mol. The van der Waals surface area contributed by atoms with Crippen LogP contribution >= 0.6 is 0 Å². The van der Waals surface area contributed by atoms with Crippen LogP contribution in [0.4, 0.5) is 30.6 Å². The summed E-state index contributed by atoms with van der Waals surface area (Å²) in [7, 11) is 1.74. The van der Waals surface area contributed by atoms with E-state index in [1.54, 1.807) is 32.3 Å². The topological polar surface area (TPSA) is 106 Å². The fraction of sp³-hybridized carbons (Fsp3) is 0.308. The molecule has 1 aliphatic carbocycles. The lowest BCUT2D eigenvalue weighted by atomic mass is 10.0. The molecule has 0 unspecified atom stereocenters. The van der Waals surface area contributed by atoms with Crippen LogP contribution < -0.4 is 16.4 Å². The Kier molecular flexibility index (Phi) is 7.10. The van der Waals surface area contributed by atoms with E-state index < -0.39 is 11.7 Å². The Bertz CT molecular complexity index is 1340. The highest BCUT2D eigenvalue weighted by Crippen LogP contribution is 2.36. The van der Waals surface area contributed by atoms with Crippen molar-refractivity contribution in [1.82, 2.24) is 15.0 Å². The molecule has 3 aromatic rings. The van der Waals surface area contributed by atoms with Gasteiger partial charge in [0.1, 0.15) is 5.82 Å². The third kappa shape index (κ3) is 5.74. The predicted molar refractivity (Wildman–Crippen MR) is 132 cm³/mol. The number of nitrogens with two attached hydrogens (primary N) is 1. The van der Waals surface area contributed by atoms with Gasteiger partial charge in [0.05, 0.1) is 22.5 Å². The van der Waals surface area contributed by atoms with E-state index in [9.17, 15) is 18.0 Å². The van der Waals surface area contributed by atoms with Crippen LogP contribution in [0.5, 0.6) is 0 Å². The van der Waals surface area contributed by atoms with Gasteiger partial charge < -0.3 is 16.4 Å². The summed E-state index contributed by atoms with van der Waals surface area (Å²) in [5, 5.41) is 5.57. The number of halogens is 3. The van der Waals surface area contributed by atoms with Crippen molar-refractivity contribution >= 4 is 23.4 Å². The third-order valence-electron chi connectivity index (χ3n) is 5.99. The van der Waals surface area contributed by atoms with Crippen molar-refractivity contribution in [2.45, 2.75) is 38.8 Å². The molecular formula is C26H25F3N6O. The van der Waals surface area contributed by atoms with Crippen molar-refractivity contribution in [3.8, 4) is 23.1 Å². The summed E-state index contributed by atoms with van der Waals surface area (Å²) in [5.74, 6) is 6.01. The minimum Gasteiger partial charge on any atom is -0.373 e. The maximum atomic E-state index is 13.8. The number of anilines is 3. The van der Waals surface area contributed by atoms with Crippen LogP contribution in [0.1, 0.15) is 48.1 Å². The van der Waals surface area contributed by atoms with E-state index in [0.717, 1.165) is 37.8 Å². The molecule has 0 atom stereocenters. The van der Waals surface area contributed by atoms with E-state index in [4.69, 9.17) is 5.73 Å². The number of rotatable bonds is 4. The van der Waals surface area contributed by atoms with E-state index in [2.05, 4.69) is 37.4 Å². The summed E-state index contributed by atoms with van der Waals surface area (Å²) in [6.07, 6.45) is 0.254.